The number of ketones is 1. The van der Waals surface area contributed by atoms with Crippen LogP contribution < -0.4 is 0 Å². The molecule has 0 saturated heterocycles. The van der Waals surface area contributed by atoms with Crippen LogP contribution in [0.3, 0.4) is 0 Å². The molecule has 0 N–H and O–H groups in total. The average molecular weight is 773 g/mol. The van der Waals surface area contributed by atoms with Crippen LogP contribution in [-0.4, -0.2) is 40.6 Å². The number of esters is 1. The molecule has 7 aliphatic rings. The van der Waals surface area contributed by atoms with Crippen LogP contribution in [0.4, 0.5) is 0 Å². The molecule has 8 nitrogen and oxygen atoms in total. The van der Waals surface area contributed by atoms with Crippen LogP contribution in [0.15, 0.2) is 16.6 Å². The number of allylic oxidation sites excluding steroid dienone is 1. The molecule has 0 radical (unpaired) electrons. The number of nitrogens with zero attached hydrogens (tertiary/aromatic N) is 2. The zero-order chi connectivity index (χ0) is 40.6. The number of carbonyl (C=O) groups excluding carboxylic acids is 3. The fourth-order valence-electron chi connectivity index (χ4n) is 16.3. The van der Waals surface area contributed by atoms with Crippen LogP contribution in [0, 0.1) is 86.3 Å². The molecule has 310 valence electrons. The SMILES string of the molecule is C=C(C)[C@@H]1CC[C@]2(C(=O)C[C@@H]3C[C@H](c4nnc(C)o4)C3(C)C)CC[C@]3(C)[C@H](CC[C@@H]4[C@@]5(C)CC[C@H](OC(=O)[C@H]6CC(OC=O)C6(C)C)C(C)(C)[C@@H]5CC[C@]43C)[C@@H]12. The predicted molar refractivity (Wildman–Crippen MR) is 215 cm³/mol. The van der Waals surface area contributed by atoms with E-state index in [2.05, 4.69) is 72.2 Å². The zero-order valence-corrected chi connectivity index (χ0v) is 36.6. The minimum Gasteiger partial charge on any atom is -0.464 e. The van der Waals surface area contributed by atoms with E-state index >= 15 is 4.79 Å². The highest BCUT2D eigenvalue weighted by Gasteiger charge is 2.72. The molecule has 8 heteroatoms. The van der Waals surface area contributed by atoms with E-state index < -0.39 is 5.41 Å². The number of hydrogen-bond donors (Lipinski definition) is 0. The molecule has 1 aromatic heterocycles. The third-order valence-electron chi connectivity index (χ3n) is 20.2. The van der Waals surface area contributed by atoms with Gasteiger partial charge in [0.05, 0.1) is 5.92 Å². The summed E-state index contributed by atoms with van der Waals surface area (Å²) >= 11 is 0. The fourth-order valence-corrected chi connectivity index (χ4v) is 16.3. The van der Waals surface area contributed by atoms with Gasteiger partial charge in [-0.2, -0.15) is 0 Å². The van der Waals surface area contributed by atoms with Gasteiger partial charge in [-0.25, -0.2) is 0 Å². The second kappa shape index (κ2) is 13.0. The molecule has 14 atom stereocenters. The molecular weight excluding hydrogens is 701 g/mol. The Labute approximate surface area is 336 Å². The Morgan fingerprint density at radius 2 is 1.54 bits per heavy atom. The third-order valence-corrected chi connectivity index (χ3v) is 20.2. The third kappa shape index (κ3) is 5.36. The maximum absolute atomic E-state index is 15.1. The largest absolute Gasteiger partial charge is 0.464 e. The van der Waals surface area contributed by atoms with Crippen molar-refractivity contribution in [2.75, 3.05) is 0 Å². The Hall–Kier alpha value is -2.51. The second-order valence-corrected chi connectivity index (χ2v) is 23.1. The van der Waals surface area contributed by atoms with Crippen LogP contribution in [0.2, 0.25) is 0 Å². The van der Waals surface area contributed by atoms with Crippen molar-refractivity contribution in [1.82, 2.24) is 10.2 Å². The first-order chi connectivity index (χ1) is 26.1. The van der Waals surface area contributed by atoms with E-state index in [4.69, 9.17) is 13.9 Å². The first-order valence-corrected chi connectivity index (χ1v) is 22.4. The summed E-state index contributed by atoms with van der Waals surface area (Å²) in [5, 5.41) is 8.48. The monoisotopic (exact) mass is 773 g/mol. The van der Waals surface area contributed by atoms with Crippen molar-refractivity contribution in [3.05, 3.63) is 23.9 Å². The van der Waals surface area contributed by atoms with E-state index in [0.29, 0.717) is 66.5 Å². The lowest BCUT2D eigenvalue weighted by Gasteiger charge is -2.73. The summed E-state index contributed by atoms with van der Waals surface area (Å²) in [6.07, 6.45) is 12.7. The van der Waals surface area contributed by atoms with Crippen molar-refractivity contribution in [1.29, 1.82) is 0 Å². The summed E-state index contributed by atoms with van der Waals surface area (Å²) in [6.45, 7) is 30.5. The Morgan fingerprint density at radius 1 is 0.804 bits per heavy atom. The van der Waals surface area contributed by atoms with Gasteiger partial charge < -0.3 is 13.9 Å². The van der Waals surface area contributed by atoms with Gasteiger partial charge in [-0.15, -0.1) is 10.2 Å². The quantitative estimate of drug-likeness (QED) is 0.139. The predicted octanol–water partition coefficient (Wildman–Crippen LogP) is 10.6. The minimum atomic E-state index is -0.414. The Morgan fingerprint density at radius 3 is 2.16 bits per heavy atom. The first-order valence-electron chi connectivity index (χ1n) is 22.4. The van der Waals surface area contributed by atoms with Crippen molar-refractivity contribution in [3.8, 4) is 0 Å². The highest BCUT2D eigenvalue weighted by atomic mass is 16.6. The van der Waals surface area contributed by atoms with Crippen LogP contribution in [-0.2, 0) is 23.9 Å². The maximum atomic E-state index is 15.1. The number of rotatable bonds is 9. The Balaban J connectivity index is 1.01. The van der Waals surface area contributed by atoms with Gasteiger partial charge in [-0.05, 0) is 141 Å². The Bertz CT molecular complexity index is 1780. The minimum absolute atomic E-state index is 0.0517. The van der Waals surface area contributed by atoms with Gasteiger partial charge in [0.2, 0.25) is 11.8 Å². The number of Topliss-reactive ketones (excluding diaryl/α,β-unsaturated/α-hetero) is 1. The molecule has 0 aliphatic heterocycles. The van der Waals surface area contributed by atoms with Crippen LogP contribution in [0.25, 0.3) is 0 Å². The van der Waals surface area contributed by atoms with Crippen LogP contribution in [0.5, 0.6) is 0 Å². The molecule has 0 spiro atoms. The number of carbonyl (C=O) groups is 3. The van der Waals surface area contributed by atoms with Gasteiger partial charge in [-0.1, -0.05) is 74.5 Å². The normalized spacial score (nSPS) is 46.7. The molecule has 56 heavy (non-hydrogen) atoms. The lowest BCUT2D eigenvalue weighted by Crippen LogP contribution is -2.67. The average Bonchev–Trinajstić information content (AvgIpc) is 3.73. The highest BCUT2D eigenvalue weighted by Crippen LogP contribution is 2.78. The molecule has 7 fully saturated rings. The number of aryl methyl sites for hydroxylation is 1. The lowest BCUT2D eigenvalue weighted by atomic mass is 9.32. The van der Waals surface area contributed by atoms with Gasteiger partial charge in [0.25, 0.3) is 6.47 Å². The molecule has 1 heterocycles. The molecule has 1 unspecified atom stereocenters. The van der Waals surface area contributed by atoms with E-state index in [1.165, 1.54) is 24.8 Å². The number of hydrogen-bond acceptors (Lipinski definition) is 8. The summed E-state index contributed by atoms with van der Waals surface area (Å²) in [4.78, 5) is 39.8. The van der Waals surface area contributed by atoms with Gasteiger partial charge in [0.1, 0.15) is 18.0 Å². The molecule has 7 saturated carbocycles. The van der Waals surface area contributed by atoms with E-state index in [9.17, 15) is 9.59 Å². The molecule has 0 aromatic carbocycles. The Kier molecular flexibility index (Phi) is 9.35. The standard InChI is InChI=1S/C48H72N2O6/c1-27(2)30-15-20-48(36(52)24-29-23-32(42(29,4)5)40-50-49-28(3)55-40)22-21-46(11)31(39(30)48)13-14-35-45(10)18-17-37(44(8,9)34(45)16-19-47(35,46)12)56-41(53)33-25-38(54-26-51)43(33,6)7/h26,29-35,37-39H,1,13-25H2,2-12H3/t29-,30-,31+,32+,33+,34-,35+,37-,38?,39+,45-,46+,47+,48+/m0/s1. The summed E-state index contributed by atoms with van der Waals surface area (Å²) < 4.78 is 17.7. The molecule has 7 aliphatic carbocycles. The van der Waals surface area contributed by atoms with Gasteiger partial charge >= 0.3 is 5.97 Å². The smallest absolute Gasteiger partial charge is 0.310 e. The summed E-state index contributed by atoms with van der Waals surface area (Å²) in [7, 11) is 0. The van der Waals surface area contributed by atoms with Gasteiger partial charge in [0, 0.05) is 35.5 Å². The first kappa shape index (κ1) is 40.3. The molecule has 0 amide bonds. The van der Waals surface area contributed by atoms with Crippen LogP contribution >= 0.6 is 0 Å². The second-order valence-electron chi connectivity index (χ2n) is 23.1. The molecule has 1 aromatic rings. The topological polar surface area (TPSA) is 109 Å². The maximum Gasteiger partial charge on any atom is 0.310 e. The zero-order valence-electron chi connectivity index (χ0n) is 36.6. The van der Waals surface area contributed by atoms with Crippen molar-refractivity contribution in [3.63, 3.8) is 0 Å². The van der Waals surface area contributed by atoms with E-state index in [-0.39, 0.29) is 62.5 Å². The van der Waals surface area contributed by atoms with E-state index in [0.717, 1.165) is 57.3 Å². The van der Waals surface area contributed by atoms with Crippen molar-refractivity contribution in [2.45, 2.75) is 178 Å². The van der Waals surface area contributed by atoms with E-state index in [1.807, 2.05) is 20.8 Å². The summed E-state index contributed by atoms with van der Waals surface area (Å²) in [5.41, 5.74) is 0.896. The van der Waals surface area contributed by atoms with Crippen molar-refractivity contribution in [2.24, 2.45) is 79.3 Å². The molecule has 0 bridgehead atoms. The van der Waals surface area contributed by atoms with Crippen molar-refractivity contribution >= 4 is 18.2 Å². The van der Waals surface area contributed by atoms with Crippen LogP contribution in [0.1, 0.15) is 170 Å². The number of fused-ring (bicyclic) bond motifs is 7. The van der Waals surface area contributed by atoms with Gasteiger partial charge in [-0.3, -0.25) is 14.4 Å². The highest BCUT2D eigenvalue weighted by molar-refractivity contribution is 5.86. The molecule has 8 rings (SSSR count). The van der Waals surface area contributed by atoms with Gasteiger partial charge in [0.15, 0.2) is 0 Å². The molecular formula is C48H72N2O6. The number of ether oxygens (including phenoxy) is 2. The fraction of sp³-hybridized carbons (Fsp3) is 0.854. The van der Waals surface area contributed by atoms with E-state index in [1.54, 1.807) is 0 Å². The number of aromatic nitrogens is 2. The van der Waals surface area contributed by atoms with Crippen molar-refractivity contribution < 1.29 is 28.3 Å². The summed E-state index contributed by atoms with van der Waals surface area (Å²) in [6, 6.07) is 0. The lowest BCUT2D eigenvalue weighted by molar-refractivity contribution is -0.251. The summed E-state index contributed by atoms with van der Waals surface area (Å²) in [5.74, 6) is 4.37.